The molecular formula is C17H20N4O4. The Hall–Kier alpha value is -2.90. The summed E-state index contributed by atoms with van der Waals surface area (Å²) in [6.45, 7) is 2.02. The monoisotopic (exact) mass is 344 g/mol. The quantitative estimate of drug-likeness (QED) is 0.891. The van der Waals surface area contributed by atoms with E-state index in [4.69, 9.17) is 9.84 Å². The third kappa shape index (κ3) is 4.56. The second-order valence-electron chi connectivity index (χ2n) is 6.13. The molecule has 0 saturated carbocycles. The van der Waals surface area contributed by atoms with E-state index in [1.54, 1.807) is 4.90 Å². The van der Waals surface area contributed by atoms with Crippen molar-refractivity contribution in [3.63, 3.8) is 0 Å². The second kappa shape index (κ2) is 7.78. The van der Waals surface area contributed by atoms with Crippen LogP contribution in [0.2, 0.25) is 0 Å². The highest BCUT2D eigenvalue weighted by Crippen LogP contribution is 2.19. The normalized spacial score (nSPS) is 17.3. The molecular weight excluding hydrogens is 324 g/mol. The van der Waals surface area contributed by atoms with Crippen molar-refractivity contribution in [1.29, 1.82) is 0 Å². The smallest absolute Gasteiger partial charge is 0.410 e. The van der Waals surface area contributed by atoms with E-state index < -0.39 is 5.97 Å². The summed E-state index contributed by atoms with van der Waals surface area (Å²) >= 11 is 0. The second-order valence-corrected chi connectivity index (χ2v) is 6.13. The van der Waals surface area contributed by atoms with Crippen LogP contribution >= 0.6 is 0 Å². The number of rotatable bonds is 5. The van der Waals surface area contributed by atoms with Gasteiger partial charge in [0.15, 0.2) is 5.69 Å². The van der Waals surface area contributed by atoms with Gasteiger partial charge in [-0.25, -0.2) is 9.59 Å². The zero-order valence-corrected chi connectivity index (χ0v) is 13.7. The number of amides is 1. The lowest BCUT2D eigenvalue weighted by atomic mass is 9.98. The molecule has 0 aliphatic carbocycles. The van der Waals surface area contributed by atoms with Crippen molar-refractivity contribution in [1.82, 2.24) is 19.9 Å². The van der Waals surface area contributed by atoms with Gasteiger partial charge in [-0.15, -0.1) is 5.10 Å². The molecule has 1 N–H and O–H groups in total. The predicted molar refractivity (Wildman–Crippen MR) is 87.9 cm³/mol. The number of piperidine rings is 1. The zero-order valence-electron chi connectivity index (χ0n) is 13.7. The molecule has 1 atom stereocenters. The van der Waals surface area contributed by atoms with Gasteiger partial charge in [0.1, 0.15) is 6.61 Å². The van der Waals surface area contributed by atoms with E-state index in [0.717, 1.165) is 18.4 Å². The van der Waals surface area contributed by atoms with Crippen LogP contribution in [0.5, 0.6) is 0 Å². The number of carboxylic acid groups (broad SMARTS) is 1. The summed E-state index contributed by atoms with van der Waals surface area (Å²) in [6.07, 6.45) is 2.92. The van der Waals surface area contributed by atoms with Gasteiger partial charge in [0, 0.05) is 19.6 Å². The summed E-state index contributed by atoms with van der Waals surface area (Å²) in [6, 6.07) is 9.56. The molecule has 1 aromatic carbocycles. The number of benzene rings is 1. The number of carbonyl (C=O) groups excluding carboxylic acids is 1. The lowest BCUT2D eigenvalue weighted by molar-refractivity contribution is 0.0690. The maximum Gasteiger partial charge on any atom is 0.410 e. The number of ether oxygens (including phenoxy) is 1. The standard InChI is InChI=1S/C17H20N4O4/c22-16(23)15-11-21(19-18-15)10-14-7-4-8-20(9-14)17(24)25-12-13-5-2-1-3-6-13/h1-3,5-6,11,14H,4,7-10,12H2,(H,22,23). The maximum absolute atomic E-state index is 12.3. The minimum atomic E-state index is -1.10. The Morgan fingerprint density at radius 1 is 1.28 bits per heavy atom. The van der Waals surface area contributed by atoms with Crippen LogP contribution < -0.4 is 0 Å². The number of hydrogen-bond donors (Lipinski definition) is 1. The number of aromatic carboxylic acids is 1. The number of carbonyl (C=O) groups is 2. The van der Waals surface area contributed by atoms with Crippen molar-refractivity contribution in [2.24, 2.45) is 5.92 Å². The SMILES string of the molecule is O=C(O)c1cn(CC2CCCN(C(=O)OCc3ccccc3)C2)nn1. The number of carboxylic acids is 1. The van der Waals surface area contributed by atoms with Crippen molar-refractivity contribution in [2.45, 2.75) is 26.0 Å². The Morgan fingerprint density at radius 2 is 2.08 bits per heavy atom. The van der Waals surface area contributed by atoms with Crippen LogP contribution in [0.25, 0.3) is 0 Å². The molecule has 0 radical (unpaired) electrons. The molecule has 1 aromatic heterocycles. The first kappa shape index (κ1) is 16.9. The molecule has 0 bridgehead atoms. The van der Waals surface area contributed by atoms with Gasteiger partial charge in [0.2, 0.25) is 0 Å². The lowest BCUT2D eigenvalue weighted by Crippen LogP contribution is -2.41. The predicted octanol–water partition coefficient (Wildman–Crippen LogP) is 2.03. The largest absolute Gasteiger partial charge is 0.476 e. The molecule has 2 aromatic rings. The Kier molecular flexibility index (Phi) is 5.27. The Balaban J connectivity index is 1.51. The van der Waals surface area contributed by atoms with E-state index in [1.165, 1.54) is 10.9 Å². The van der Waals surface area contributed by atoms with Gasteiger partial charge in [-0.05, 0) is 24.3 Å². The van der Waals surface area contributed by atoms with Crippen LogP contribution in [0.15, 0.2) is 36.5 Å². The Bertz CT molecular complexity index is 731. The van der Waals surface area contributed by atoms with Crippen LogP contribution in [0.4, 0.5) is 4.79 Å². The molecule has 3 rings (SSSR count). The molecule has 1 aliphatic heterocycles. The fourth-order valence-electron chi connectivity index (χ4n) is 2.94. The van der Waals surface area contributed by atoms with E-state index in [1.807, 2.05) is 30.3 Å². The van der Waals surface area contributed by atoms with Crippen molar-refractivity contribution in [2.75, 3.05) is 13.1 Å². The first-order chi connectivity index (χ1) is 12.1. The van der Waals surface area contributed by atoms with E-state index in [-0.39, 0.29) is 24.3 Å². The zero-order chi connectivity index (χ0) is 17.6. The van der Waals surface area contributed by atoms with E-state index in [2.05, 4.69) is 10.3 Å². The maximum atomic E-state index is 12.3. The van der Waals surface area contributed by atoms with Crippen molar-refractivity contribution in [3.05, 3.63) is 47.8 Å². The lowest BCUT2D eigenvalue weighted by Gasteiger charge is -2.31. The van der Waals surface area contributed by atoms with Crippen LogP contribution in [0.1, 0.15) is 28.9 Å². The third-order valence-corrected chi connectivity index (χ3v) is 4.19. The molecule has 1 saturated heterocycles. The summed E-state index contributed by atoms with van der Waals surface area (Å²) in [7, 11) is 0. The van der Waals surface area contributed by atoms with Crippen LogP contribution in [-0.4, -0.2) is 50.2 Å². The molecule has 1 aliphatic rings. The van der Waals surface area contributed by atoms with Gasteiger partial charge in [0.05, 0.1) is 6.20 Å². The highest BCUT2D eigenvalue weighted by atomic mass is 16.6. The summed E-state index contributed by atoms with van der Waals surface area (Å²) in [5.74, 6) is -0.901. The average Bonchev–Trinajstić information content (AvgIpc) is 3.09. The number of likely N-dealkylation sites (tertiary alicyclic amines) is 1. The van der Waals surface area contributed by atoms with E-state index in [9.17, 15) is 9.59 Å². The fourth-order valence-corrected chi connectivity index (χ4v) is 2.94. The van der Waals surface area contributed by atoms with E-state index >= 15 is 0 Å². The van der Waals surface area contributed by atoms with Crippen molar-refractivity contribution >= 4 is 12.1 Å². The molecule has 1 unspecified atom stereocenters. The Morgan fingerprint density at radius 3 is 2.80 bits per heavy atom. The number of aromatic nitrogens is 3. The highest BCUT2D eigenvalue weighted by molar-refractivity contribution is 5.84. The highest BCUT2D eigenvalue weighted by Gasteiger charge is 2.25. The van der Waals surface area contributed by atoms with Crippen molar-refractivity contribution < 1.29 is 19.4 Å². The molecule has 25 heavy (non-hydrogen) atoms. The summed E-state index contributed by atoms with van der Waals surface area (Å²) in [5.41, 5.74) is 0.878. The van der Waals surface area contributed by atoms with Crippen LogP contribution in [0, 0.1) is 5.92 Å². The molecule has 2 heterocycles. The molecule has 1 fully saturated rings. The number of hydrogen-bond acceptors (Lipinski definition) is 5. The topological polar surface area (TPSA) is 97.5 Å². The van der Waals surface area contributed by atoms with Gasteiger partial charge in [-0.1, -0.05) is 35.5 Å². The fraction of sp³-hybridized carbons (Fsp3) is 0.412. The Labute approximate surface area is 145 Å². The minimum absolute atomic E-state index is 0.0741. The number of nitrogens with zero attached hydrogens (tertiary/aromatic N) is 4. The van der Waals surface area contributed by atoms with Crippen LogP contribution in [0.3, 0.4) is 0 Å². The van der Waals surface area contributed by atoms with Gasteiger partial charge < -0.3 is 14.7 Å². The first-order valence-corrected chi connectivity index (χ1v) is 8.21. The molecule has 8 heteroatoms. The van der Waals surface area contributed by atoms with Gasteiger partial charge in [-0.2, -0.15) is 0 Å². The summed E-state index contributed by atoms with van der Waals surface area (Å²) < 4.78 is 6.90. The molecule has 0 spiro atoms. The van der Waals surface area contributed by atoms with Gasteiger partial charge in [-0.3, -0.25) is 4.68 Å². The molecule has 1 amide bonds. The van der Waals surface area contributed by atoms with Gasteiger partial charge >= 0.3 is 12.1 Å². The minimum Gasteiger partial charge on any atom is -0.476 e. The molecule has 132 valence electrons. The van der Waals surface area contributed by atoms with Gasteiger partial charge in [0.25, 0.3) is 0 Å². The first-order valence-electron chi connectivity index (χ1n) is 8.21. The van der Waals surface area contributed by atoms with E-state index in [0.29, 0.717) is 19.6 Å². The summed E-state index contributed by atoms with van der Waals surface area (Å²) in [4.78, 5) is 24.8. The van der Waals surface area contributed by atoms with Crippen LogP contribution in [-0.2, 0) is 17.9 Å². The van der Waals surface area contributed by atoms with Crippen molar-refractivity contribution in [3.8, 4) is 0 Å². The molecule has 8 nitrogen and oxygen atoms in total. The third-order valence-electron chi connectivity index (χ3n) is 4.19. The average molecular weight is 344 g/mol. The summed E-state index contributed by atoms with van der Waals surface area (Å²) in [5, 5.41) is 16.3.